The molecule has 1 saturated heterocycles. The largest absolute Gasteiger partial charge is 0.477 e. The zero-order valence-corrected chi connectivity index (χ0v) is 18.4. The van der Waals surface area contributed by atoms with Gasteiger partial charge in [0, 0.05) is 50.3 Å². The Balaban J connectivity index is 1.56. The summed E-state index contributed by atoms with van der Waals surface area (Å²) in [5, 5.41) is 11.9. The zero-order valence-electron chi connectivity index (χ0n) is 18.4. The highest BCUT2D eigenvalue weighted by molar-refractivity contribution is 6.05. The molecule has 1 aliphatic rings. The molecule has 1 aliphatic heterocycles. The van der Waals surface area contributed by atoms with Gasteiger partial charge in [-0.3, -0.25) is 4.79 Å². The zero-order chi connectivity index (χ0) is 23.7. The number of fused-ring (bicyclic) bond motifs is 1. The van der Waals surface area contributed by atoms with Gasteiger partial charge >= 0.3 is 6.09 Å². The van der Waals surface area contributed by atoms with Crippen molar-refractivity contribution in [1.82, 2.24) is 24.3 Å². The average Bonchev–Trinajstić information content (AvgIpc) is 3.14. The number of hydrogen-bond donors (Lipinski definition) is 2. The Hall–Kier alpha value is -3.96. The third-order valence-corrected chi connectivity index (χ3v) is 5.31. The lowest BCUT2D eigenvalue weighted by Gasteiger charge is -2.38. The number of nitrogens with zero attached hydrogens (tertiary/aromatic N) is 6. The van der Waals surface area contributed by atoms with Crippen LogP contribution in [0.4, 0.5) is 20.8 Å². The maximum absolute atomic E-state index is 14.4. The summed E-state index contributed by atoms with van der Waals surface area (Å²) in [5.74, 6) is -0.682. The van der Waals surface area contributed by atoms with Gasteiger partial charge in [0.2, 0.25) is 11.8 Å². The van der Waals surface area contributed by atoms with Crippen molar-refractivity contribution in [2.24, 2.45) is 0 Å². The van der Waals surface area contributed by atoms with Gasteiger partial charge in [-0.1, -0.05) is 0 Å². The molecule has 0 radical (unpaired) electrons. The number of carbonyl (C=O) groups is 2. The first kappa shape index (κ1) is 22.2. The van der Waals surface area contributed by atoms with Crippen LogP contribution in [0.5, 0.6) is 5.88 Å². The number of carbonyl (C=O) groups excluding carboxylic acids is 1. The summed E-state index contributed by atoms with van der Waals surface area (Å²) >= 11 is 0. The summed E-state index contributed by atoms with van der Waals surface area (Å²) in [4.78, 5) is 40.2. The van der Waals surface area contributed by atoms with Crippen LogP contribution in [0.2, 0.25) is 0 Å². The Labute approximate surface area is 188 Å². The molecule has 33 heavy (non-hydrogen) atoms. The smallest absolute Gasteiger partial charge is 0.407 e. The first-order chi connectivity index (χ1) is 15.8. The van der Waals surface area contributed by atoms with E-state index < -0.39 is 17.8 Å². The Morgan fingerprint density at radius 1 is 1.30 bits per heavy atom. The molecule has 1 unspecified atom stereocenters. The monoisotopic (exact) mass is 457 g/mol. The van der Waals surface area contributed by atoms with Crippen LogP contribution in [0.15, 0.2) is 24.7 Å². The molecule has 2 amide bonds. The lowest BCUT2D eigenvalue weighted by Crippen LogP contribution is -2.54. The van der Waals surface area contributed by atoms with Gasteiger partial charge in [0.15, 0.2) is 11.5 Å². The molecule has 0 spiro atoms. The number of pyridine rings is 1. The molecule has 1 fully saturated rings. The second-order valence-electron chi connectivity index (χ2n) is 7.74. The van der Waals surface area contributed by atoms with Crippen molar-refractivity contribution in [3.63, 3.8) is 0 Å². The maximum atomic E-state index is 14.4. The summed E-state index contributed by atoms with van der Waals surface area (Å²) in [6, 6.07) is 0.952. The minimum Gasteiger partial charge on any atom is -0.477 e. The van der Waals surface area contributed by atoms with E-state index in [1.807, 2.05) is 11.8 Å². The Morgan fingerprint density at radius 2 is 2.09 bits per heavy atom. The molecule has 3 aromatic heterocycles. The van der Waals surface area contributed by atoms with Crippen LogP contribution in [0.3, 0.4) is 0 Å². The summed E-state index contributed by atoms with van der Waals surface area (Å²) in [7, 11) is 0. The van der Waals surface area contributed by atoms with E-state index >= 15 is 0 Å². The van der Waals surface area contributed by atoms with Crippen LogP contribution in [-0.2, 0) is 0 Å². The third-order valence-electron chi connectivity index (χ3n) is 5.31. The predicted octanol–water partition coefficient (Wildman–Crippen LogP) is 2.41. The molecule has 0 aliphatic carbocycles. The van der Waals surface area contributed by atoms with Gasteiger partial charge in [0.1, 0.15) is 5.56 Å². The number of halogens is 1. The fraction of sp³-hybridized carbons (Fsp3) is 0.381. The van der Waals surface area contributed by atoms with Gasteiger partial charge in [0.25, 0.3) is 5.91 Å². The van der Waals surface area contributed by atoms with Crippen LogP contribution in [-0.4, -0.2) is 73.6 Å². The lowest BCUT2D eigenvalue weighted by molar-refractivity contribution is 0.102. The summed E-state index contributed by atoms with van der Waals surface area (Å²) in [6.07, 6.45) is 3.61. The van der Waals surface area contributed by atoms with E-state index in [1.54, 1.807) is 26.2 Å². The number of piperazine rings is 1. The fourth-order valence-corrected chi connectivity index (χ4v) is 3.78. The van der Waals surface area contributed by atoms with Gasteiger partial charge in [-0.15, -0.1) is 0 Å². The van der Waals surface area contributed by atoms with E-state index in [9.17, 15) is 19.1 Å². The molecule has 0 aromatic carbocycles. The van der Waals surface area contributed by atoms with Crippen molar-refractivity contribution in [2.45, 2.75) is 26.8 Å². The number of amides is 2. The average molecular weight is 457 g/mol. The SMILES string of the molecule is CCOc1nc(N2CCN(C(=O)O)C(C)C2)ncc1C(=O)Nc1cc(F)c2nc(C)cn2c1. The molecule has 11 nitrogen and oxygen atoms in total. The number of anilines is 2. The lowest BCUT2D eigenvalue weighted by atomic mass is 10.2. The van der Waals surface area contributed by atoms with E-state index in [2.05, 4.69) is 20.3 Å². The maximum Gasteiger partial charge on any atom is 0.407 e. The number of imidazole rings is 1. The van der Waals surface area contributed by atoms with Crippen LogP contribution in [0, 0.1) is 12.7 Å². The molecule has 3 aromatic rings. The Bertz CT molecular complexity index is 1210. The molecule has 4 rings (SSSR count). The van der Waals surface area contributed by atoms with E-state index in [-0.39, 0.29) is 35.4 Å². The first-order valence-electron chi connectivity index (χ1n) is 10.5. The van der Waals surface area contributed by atoms with Crippen LogP contribution < -0.4 is 15.0 Å². The molecule has 4 heterocycles. The topological polar surface area (TPSA) is 125 Å². The van der Waals surface area contributed by atoms with Crippen molar-refractivity contribution in [3.8, 4) is 5.88 Å². The summed E-state index contributed by atoms with van der Waals surface area (Å²) < 4.78 is 21.4. The number of ether oxygens (including phenoxy) is 1. The highest BCUT2D eigenvalue weighted by Crippen LogP contribution is 2.23. The highest BCUT2D eigenvalue weighted by Gasteiger charge is 2.29. The molecule has 0 saturated carbocycles. The number of aryl methyl sites for hydroxylation is 1. The highest BCUT2D eigenvalue weighted by atomic mass is 19.1. The quantitative estimate of drug-likeness (QED) is 0.598. The minimum absolute atomic E-state index is 0.0911. The van der Waals surface area contributed by atoms with Gasteiger partial charge in [0.05, 0.1) is 18.0 Å². The van der Waals surface area contributed by atoms with Gasteiger partial charge in [-0.25, -0.2) is 19.2 Å². The van der Waals surface area contributed by atoms with Crippen molar-refractivity contribution < 1.29 is 23.8 Å². The molecular formula is C21H24FN7O4. The molecule has 1 atom stereocenters. The van der Waals surface area contributed by atoms with Crippen molar-refractivity contribution in [1.29, 1.82) is 0 Å². The van der Waals surface area contributed by atoms with E-state index in [1.165, 1.54) is 21.6 Å². The van der Waals surface area contributed by atoms with Crippen molar-refractivity contribution in [2.75, 3.05) is 36.5 Å². The summed E-state index contributed by atoms with van der Waals surface area (Å²) in [6.45, 7) is 6.73. The predicted molar refractivity (Wildman–Crippen MR) is 117 cm³/mol. The standard InChI is InChI=1S/C21H24FN7O4/c1-4-33-19-15(8-23-20(26-19)27-5-6-29(21(31)32)13(3)10-27)18(30)25-14-7-16(22)17-24-12(2)9-28(17)11-14/h7-9,11,13H,4-6,10H2,1-3H3,(H,25,30)(H,31,32). The van der Waals surface area contributed by atoms with Crippen LogP contribution in [0.25, 0.3) is 5.65 Å². The van der Waals surface area contributed by atoms with Crippen molar-refractivity contribution in [3.05, 3.63) is 41.7 Å². The van der Waals surface area contributed by atoms with Gasteiger partial charge in [-0.05, 0) is 20.8 Å². The Morgan fingerprint density at radius 3 is 2.79 bits per heavy atom. The number of carboxylic acid groups (broad SMARTS) is 1. The van der Waals surface area contributed by atoms with Crippen LogP contribution >= 0.6 is 0 Å². The summed E-state index contributed by atoms with van der Waals surface area (Å²) in [5.41, 5.74) is 1.16. The molecule has 12 heteroatoms. The van der Waals surface area contributed by atoms with E-state index in [0.29, 0.717) is 31.3 Å². The van der Waals surface area contributed by atoms with Crippen molar-refractivity contribution >= 4 is 29.3 Å². The van der Waals surface area contributed by atoms with Crippen LogP contribution in [0.1, 0.15) is 29.9 Å². The van der Waals surface area contributed by atoms with Gasteiger partial charge in [-0.2, -0.15) is 4.98 Å². The minimum atomic E-state index is -0.967. The molecular weight excluding hydrogens is 433 g/mol. The number of aromatic nitrogens is 4. The van der Waals surface area contributed by atoms with E-state index in [4.69, 9.17) is 4.74 Å². The normalized spacial score (nSPS) is 16.2. The molecule has 2 N–H and O–H groups in total. The molecule has 174 valence electrons. The third kappa shape index (κ3) is 4.49. The number of hydrogen-bond acceptors (Lipinski definition) is 7. The second-order valence-corrected chi connectivity index (χ2v) is 7.74. The number of rotatable bonds is 5. The fourth-order valence-electron chi connectivity index (χ4n) is 3.78. The van der Waals surface area contributed by atoms with E-state index in [0.717, 1.165) is 0 Å². The van der Waals surface area contributed by atoms with Gasteiger partial charge < -0.3 is 29.4 Å². The first-order valence-corrected chi connectivity index (χ1v) is 10.5. The molecule has 0 bridgehead atoms. The Kier molecular flexibility index (Phi) is 5.99. The number of nitrogens with one attached hydrogen (secondary N) is 1. The second kappa shape index (κ2) is 8.88.